The van der Waals surface area contributed by atoms with Crippen LogP contribution in [0, 0.1) is 40.4 Å². The summed E-state index contributed by atoms with van der Waals surface area (Å²) in [6.45, 7) is 7.80. The molecular weight excluding hydrogens is 450 g/mol. The van der Waals surface area contributed by atoms with Crippen LogP contribution in [0.5, 0.6) is 0 Å². The molecule has 0 spiro atoms. The van der Waals surface area contributed by atoms with Crippen molar-refractivity contribution in [3.05, 3.63) is 0 Å². The van der Waals surface area contributed by atoms with E-state index in [2.05, 4.69) is 13.8 Å². The van der Waals surface area contributed by atoms with Crippen molar-refractivity contribution in [2.75, 3.05) is 26.3 Å². The van der Waals surface area contributed by atoms with Gasteiger partial charge in [-0.2, -0.15) is 0 Å². The molecule has 0 aromatic rings. The van der Waals surface area contributed by atoms with E-state index in [1.165, 1.54) is 51.4 Å². The van der Waals surface area contributed by atoms with Crippen LogP contribution < -0.4 is 0 Å². The van der Waals surface area contributed by atoms with Crippen molar-refractivity contribution in [2.45, 2.75) is 116 Å². The summed E-state index contributed by atoms with van der Waals surface area (Å²) in [7, 11) is 0. The Balaban J connectivity index is 1.14. The average molecular weight is 502 g/mol. The van der Waals surface area contributed by atoms with Gasteiger partial charge in [-0.1, -0.05) is 46.0 Å². The first-order chi connectivity index (χ1) is 17.3. The van der Waals surface area contributed by atoms with E-state index in [0.29, 0.717) is 48.6 Å². The molecule has 0 bridgehead atoms. The highest BCUT2D eigenvalue weighted by Crippen LogP contribution is 2.67. The molecule has 36 heavy (non-hydrogen) atoms. The number of aliphatic hydroxyl groups is 1. The molecule has 5 heteroatoms. The second-order valence-electron chi connectivity index (χ2n) is 13.7. The fourth-order valence-electron chi connectivity index (χ4n) is 9.67. The number of unbranched alkanes of at least 4 members (excludes halogenated alkanes) is 4. The number of morpholine rings is 1. The largest absolute Gasteiger partial charge is 0.393 e. The molecule has 0 aromatic heterocycles. The van der Waals surface area contributed by atoms with E-state index in [1.54, 1.807) is 0 Å². The van der Waals surface area contributed by atoms with Gasteiger partial charge in [-0.15, -0.1) is 0 Å². The van der Waals surface area contributed by atoms with Crippen molar-refractivity contribution >= 4 is 11.7 Å². The third kappa shape index (κ3) is 5.05. The van der Waals surface area contributed by atoms with Crippen LogP contribution in [0.25, 0.3) is 0 Å². The zero-order valence-corrected chi connectivity index (χ0v) is 23.0. The van der Waals surface area contributed by atoms with Crippen molar-refractivity contribution in [2.24, 2.45) is 40.4 Å². The molecule has 0 radical (unpaired) electrons. The topological polar surface area (TPSA) is 66.8 Å². The van der Waals surface area contributed by atoms with Gasteiger partial charge >= 0.3 is 0 Å². The monoisotopic (exact) mass is 501 g/mol. The van der Waals surface area contributed by atoms with Crippen LogP contribution in [0.1, 0.15) is 110 Å². The fraction of sp³-hybridized carbons (Fsp3) is 0.935. The molecule has 1 amide bonds. The molecule has 204 valence electrons. The summed E-state index contributed by atoms with van der Waals surface area (Å²) in [5, 5.41) is 10.9. The minimum absolute atomic E-state index is 0.111. The predicted molar refractivity (Wildman–Crippen MR) is 141 cm³/mol. The normalized spacial score (nSPS) is 42.5. The lowest BCUT2D eigenvalue weighted by Gasteiger charge is -2.62. The highest BCUT2D eigenvalue weighted by molar-refractivity contribution is 5.79. The molecule has 1 N–H and O–H groups in total. The summed E-state index contributed by atoms with van der Waals surface area (Å²) in [6.07, 6.45) is 16.3. The number of hydrogen-bond acceptors (Lipinski definition) is 4. The van der Waals surface area contributed by atoms with Gasteiger partial charge in [0, 0.05) is 32.4 Å². The lowest BCUT2D eigenvalue weighted by molar-refractivity contribution is -0.156. The molecule has 5 nitrogen and oxygen atoms in total. The molecule has 5 aliphatic rings. The molecule has 5 fully saturated rings. The Morgan fingerprint density at radius 1 is 0.972 bits per heavy atom. The Hall–Kier alpha value is -0.940. The van der Waals surface area contributed by atoms with Gasteiger partial charge in [0.2, 0.25) is 5.91 Å². The number of ether oxygens (including phenoxy) is 1. The molecule has 4 aliphatic carbocycles. The van der Waals surface area contributed by atoms with E-state index in [1.807, 2.05) is 4.90 Å². The van der Waals surface area contributed by atoms with Crippen LogP contribution in [0.3, 0.4) is 0 Å². The summed E-state index contributed by atoms with van der Waals surface area (Å²) in [4.78, 5) is 26.8. The Bertz CT molecular complexity index is 793. The summed E-state index contributed by atoms with van der Waals surface area (Å²) in [5.74, 6) is 4.24. The quantitative estimate of drug-likeness (QED) is 0.429. The van der Waals surface area contributed by atoms with E-state index in [4.69, 9.17) is 4.74 Å². The van der Waals surface area contributed by atoms with Crippen LogP contribution in [-0.4, -0.2) is 54.1 Å². The van der Waals surface area contributed by atoms with E-state index in [-0.39, 0.29) is 11.5 Å². The van der Waals surface area contributed by atoms with Crippen molar-refractivity contribution in [3.63, 3.8) is 0 Å². The van der Waals surface area contributed by atoms with Crippen LogP contribution in [0.2, 0.25) is 0 Å². The van der Waals surface area contributed by atoms with Gasteiger partial charge in [-0.05, 0) is 85.4 Å². The number of Topliss-reactive ketones (excluding diaryl/α,β-unsaturated/α-hetero) is 1. The maximum atomic E-state index is 12.4. The lowest BCUT2D eigenvalue weighted by Crippen LogP contribution is -2.57. The first-order valence-electron chi connectivity index (χ1n) is 15.4. The van der Waals surface area contributed by atoms with Crippen LogP contribution >= 0.6 is 0 Å². The molecule has 0 aromatic carbocycles. The summed E-state index contributed by atoms with van der Waals surface area (Å²) in [5.41, 5.74) is 0.442. The Labute approximate surface area is 219 Å². The summed E-state index contributed by atoms with van der Waals surface area (Å²) < 4.78 is 5.35. The maximum Gasteiger partial charge on any atom is 0.222 e. The number of hydrogen-bond donors (Lipinski definition) is 1. The molecule has 1 saturated heterocycles. The highest BCUT2D eigenvalue weighted by atomic mass is 16.5. The van der Waals surface area contributed by atoms with Gasteiger partial charge in [0.15, 0.2) is 0 Å². The minimum atomic E-state index is -0.122. The zero-order chi connectivity index (χ0) is 25.3. The third-order valence-electron chi connectivity index (χ3n) is 11.9. The van der Waals surface area contributed by atoms with Crippen LogP contribution in [0.4, 0.5) is 0 Å². The van der Waals surface area contributed by atoms with Crippen molar-refractivity contribution in [3.8, 4) is 0 Å². The number of nitrogens with zero attached hydrogens (tertiary/aromatic N) is 1. The van der Waals surface area contributed by atoms with Gasteiger partial charge in [0.1, 0.15) is 5.78 Å². The number of amides is 1. The second-order valence-corrected chi connectivity index (χ2v) is 13.7. The average Bonchev–Trinajstić information content (AvgIpc) is 3.18. The number of fused-ring (bicyclic) bond motifs is 5. The molecule has 8 atom stereocenters. The predicted octanol–water partition coefficient (Wildman–Crippen LogP) is 5.77. The number of rotatable bonds is 8. The zero-order valence-electron chi connectivity index (χ0n) is 23.0. The number of carbonyl (C=O) groups is 2. The highest BCUT2D eigenvalue weighted by Gasteiger charge is 2.62. The van der Waals surface area contributed by atoms with Gasteiger partial charge in [-0.3, -0.25) is 9.59 Å². The first kappa shape index (κ1) is 26.7. The summed E-state index contributed by atoms with van der Waals surface area (Å²) in [6, 6.07) is 0. The second kappa shape index (κ2) is 11.0. The van der Waals surface area contributed by atoms with Crippen molar-refractivity contribution in [1.29, 1.82) is 0 Å². The van der Waals surface area contributed by atoms with Gasteiger partial charge in [0.25, 0.3) is 0 Å². The molecule has 1 aliphatic heterocycles. The van der Waals surface area contributed by atoms with Gasteiger partial charge in [0.05, 0.1) is 19.3 Å². The molecule has 0 unspecified atom stereocenters. The Kier molecular flexibility index (Phi) is 8.18. The van der Waals surface area contributed by atoms with Crippen LogP contribution in [-0.2, 0) is 14.3 Å². The van der Waals surface area contributed by atoms with Crippen LogP contribution in [0.15, 0.2) is 0 Å². The SMILES string of the molecule is C[C@]12CCC(=O)C[C@@H]1C[C@@H](CCCCCCCC(=O)N1CCOCC1)[C@@H]1[C@@H]2CC[C@]2(C)[C@@H](O)CC[C@@H]12. The van der Waals surface area contributed by atoms with Crippen molar-refractivity contribution < 1.29 is 19.4 Å². The fourth-order valence-corrected chi connectivity index (χ4v) is 9.67. The van der Waals surface area contributed by atoms with Gasteiger partial charge < -0.3 is 14.7 Å². The maximum absolute atomic E-state index is 12.4. The van der Waals surface area contributed by atoms with E-state index in [9.17, 15) is 14.7 Å². The lowest BCUT2D eigenvalue weighted by atomic mass is 9.42. The standard InChI is InChI=1S/C31H51NO4/c1-30-14-12-24(33)21-23(30)20-22(29-25-10-11-27(34)31(25,2)15-13-26(29)30)8-6-4-3-5-7-9-28(35)32-16-18-36-19-17-32/h22-23,25-27,29,34H,3-21H2,1-2H3/t22-,23+,25+,26+,27+,29+,30+,31+/m1/s1. The minimum Gasteiger partial charge on any atom is -0.393 e. The number of aliphatic hydroxyl groups excluding tert-OH is 1. The Morgan fingerprint density at radius 2 is 1.69 bits per heavy atom. The molecule has 5 rings (SSSR count). The van der Waals surface area contributed by atoms with Crippen molar-refractivity contribution in [1.82, 2.24) is 4.90 Å². The van der Waals surface area contributed by atoms with E-state index in [0.717, 1.165) is 69.4 Å². The Morgan fingerprint density at radius 3 is 2.50 bits per heavy atom. The van der Waals surface area contributed by atoms with E-state index >= 15 is 0 Å². The third-order valence-corrected chi connectivity index (χ3v) is 11.9. The molecule has 4 saturated carbocycles. The van der Waals surface area contributed by atoms with Gasteiger partial charge in [-0.25, -0.2) is 0 Å². The molecule has 1 heterocycles. The first-order valence-corrected chi connectivity index (χ1v) is 15.4. The summed E-state index contributed by atoms with van der Waals surface area (Å²) >= 11 is 0. The molecular formula is C31H51NO4. The number of carbonyl (C=O) groups excluding carboxylic acids is 2. The smallest absolute Gasteiger partial charge is 0.222 e. The number of ketones is 1. The van der Waals surface area contributed by atoms with E-state index < -0.39 is 0 Å².